The first-order chi connectivity index (χ1) is 9.95. The van der Waals surface area contributed by atoms with Crippen molar-refractivity contribution in [3.05, 3.63) is 35.1 Å². The van der Waals surface area contributed by atoms with Gasteiger partial charge in [-0.3, -0.25) is 4.90 Å². The van der Waals surface area contributed by atoms with Crippen LogP contribution in [-0.4, -0.2) is 31.1 Å². The van der Waals surface area contributed by atoms with Crippen LogP contribution in [0.1, 0.15) is 36.9 Å². The van der Waals surface area contributed by atoms with E-state index in [-0.39, 0.29) is 5.56 Å². The largest absolute Gasteiger partial charge is 0.416 e. The van der Waals surface area contributed by atoms with Gasteiger partial charge in [0, 0.05) is 37.8 Å². The molecule has 2 rings (SSSR count). The highest BCUT2D eigenvalue weighted by Gasteiger charge is 2.38. The summed E-state index contributed by atoms with van der Waals surface area (Å²) in [6.07, 6.45) is -3.30. The van der Waals surface area contributed by atoms with Crippen molar-refractivity contribution in [1.29, 1.82) is 0 Å². The fourth-order valence-corrected chi connectivity index (χ4v) is 2.90. The van der Waals surface area contributed by atoms with Crippen molar-refractivity contribution in [2.75, 3.05) is 26.2 Å². The molecule has 1 aromatic carbocycles. The molecule has 0 amide bonds. The SMILES string of the molecule is CCC[C@@H](c1c(F)cccc1C(F)(F)F)N1CCNCC1. The van der Waals surface area contributed by atoms with Crippen LogP contribution in [-0.2, 0) is 6.18 Å². The number of rotatable bonds is 4. The van der Waals surface area contributed by atoms with Crippen molar-refractivity contribution >= 4 is 0 Å². The first kappa shape index (κ1) is 16.2. The Labute approximate surface area is 122 Å². The van der Waals surface area contributed by atoms with Gasteiger partial charge in [-0.05, 0) is 18.6 Å². The molecular formula is C15H20F4N2. The standard InChI is InChI=1S/C15H20F4N2/c1-2-4-13(21-9-7-20-8-10-21)14-11(15(17,18)19)5-3-6-12(14)16/h3,5-6,13,20H,2,4,7-10H2,1H3/t13-/m0/s1. The summed E-state index contributed by atoms with van der Waals surface area (Å²) in [4.78, 5) is 1.95. The molecule has 1 heterocycles. The van der Waals surface area contributed by atoms with Gasteiger partial charge in [0.2, 0.25) is 0 Å². The van der Waals surface area contributed by atoms with E-state index in [1.807, 2.05) is 11.8 Å². The Balaban J connectivity index is 2.43. The van der Waals surface area contributed by atoms with Crippen molar-refractivity contribution in [3.8, 4) is 0 Å². The first-order valence-electron chi connectivity index (χ1n) is 7.25. The minimum absolute atomic E-state index is 0.200. The van der Waals surface area contributed by atoms with Crippen LogP contribution in [0.5, 0.6) is 0 Å². The zero-order valence-electron chi connectivity index (χ0n) is 12.0. The number of piperazine rings is 1. The molecule has 21 heavy (non-hydrogen) atoms. The number of nitrogens with zero attached hydrogens (tertiary/aromatic N) is 1. The van der Waals surface area contributed by atoms with E-state index in [0.717, 1.165) is 31.3 Å². The molecule has 0 bridgehead atoms. The maximum absolute atomic E-state index is 14.2. The van der Waals surface area contributed by atoms with Gasteiger partial charge in [0.1, 0.15) is 5.82 Å². The first-order valence-corrected chi connectivity index (χ1v) is 7.25. The van der Waals surface area contributed by atoms with Gasteiger partial charge in [0.25, 0.3) is 0 Å². The highest BCUT2D eigenvalue weighted by molar-refractivity contribution is 5.34. The molecule has 2 nitrogen and oxygen atoms in total. The topological polar surface area (TPSA) is 15.3 Å². The van der Waals surface area contributed by atoms with E-state index in [1.165, 1.54) is 0 Å². The Hall–Kier alpha value is -1.14. The zero-order valence-corrected chi connectivity index (χ0v) is 12.0. The molecule has 1 N–H and O–H groups in total. The molecule has 1 fully saturated rings. The molecule has 0 unspecified atom stereocenters. The maximum Gasteiger partial charge on any atom is 0.416 e. The van der Waals surface area contributed by atoms with Crippen molar-refractivity contribution in [3.63, 3.8) is 0 Å². The summed E-state index contributed by atoms with van der Waals surface area (Å²) in [5.41, 5.74) is -1.05. The van der Waals surface area contributed by atoms with E-state index in [1.54, 1.807) is 0 Å². The van der Waals surface area contributed by atoms with Crippen LogP contribution in [0.15, 0.2) is 18.2 Å². The molecular weight excluding hydrogens is 284 g/mol. The second kappa shape index (κ2) is 6.75. The summed E-state index contributed by atoms with van der Waals surface area (Å²) in [6.45, 7) is 4.61. The molecule has 1 atom stereocenters. The Morgan fingerprint density at radius 1 is 1.24 bits per heavy atom. The highest BCUT2D eigenvalue weighted by Crippen LogP contribution is 2.39. The van der Waals surface area contributed by atoms with Crippen LogP contribution in [0.3, 0.4) is 0 Å². The van der Waals surface area contributed by atoms with E-state index < -0.39 is 23.6 Å². The molecule has 118 valence electrons. The minimum Gasteiger partial charge on any atom is -0.314 e. The van der Waals surface area contributed by atoms with Gasteiger partial charge in [-0.1, -0.05) is 19.4 Å². The fraction of sp³-hybridized carbons (Fsp3) is 0.600. The van der Waals surface area contributed by atoms with Crippen LogP contribution >= 0.6 is 0 Å². The molecule has 0 aromatic heterocycles. The van der Waals surface area contributed by atoms with Crippen molar-refractivity contribution < 1.29 is 17.6 Å². The Morgan fingerprint density at radius 3 is 2.48 bits per heavy atom. The number of benzene rings is 1. The number of hydrogen-bond donors (Lipinski definition) is 1. The third kappa shape index (κ3) is 3.74. The quantitative estimate of drug-likeness (QED) is 0.855. The lowest BCUT2D eigenvalue weighted by molar-refractivity contribution is -0.139. The number of nitrogens with one attached hydrogen (secondary N) is 1. The van der Waals surface area contributed by atoms with E-state index in [0.29, 0.717) is 25.9 Å². The van der Waals surface area contributed by atoms with E-state index in [4.69, 9.17) is 0 Å². The zero-order chi connectivity index (χ0) is 15.5. The monoisotopic (exact) mass is 304 g/mol. The molecule has 6 heteroatoms. The van der Waals surface area contributed by atoms with Gasteiger partial charge in [-0.15, -0.1) is 0 Å². The molecule has 0 aliphatic carbocycles. The van der Waals surface area contributed by atoms with Crippen LogP contribution < -0.4 is 5.32 Å². The minimum atomic E-state index is -4.53. The number of alkyl halides is 3. The van der Waals surface area contributed by atoms with Crippen molar-refractivity contribution in [1.82, 2.24) is 10.2 Å². The number of hydrogen-bond acceptors (Lipinski definition) is 2. The third-order valence-electron chi connectivity index (χ3n) is 3.85. The van der Waals surface area contributed by atoms with Crippen LogP contribution in [0.2, 0.25) is 0 Å². The van der Waals surface area contributed by atoms with Gasteiger partial charge in [0.05, 0.1) is 5.56 Å². The molecule has 0 saturated carbocycles. The molecule has 0 radical (unpaired) electrons. The molecule has 1 aliphatic heterocycles. The van der Waals surface area contributed by atoms with Crippen LogP contribution in [0, 0.1) is 5.82 Å². The predicted molar refractivity (Wildman–Crippen MR) is 73.5 cm³/mol. The number of halogens is 4. The van der Waals surface area contributed by atoms with Gasteiger partial charge < -0.3 is 5.32 Å². The van der Waals surface area contributed by atoms with Crippen LogP contribution in [0.4, 0.5) is 17.6 Å². The Kier molecular flexibility index (Phi) is 5.22. The summed E-state index contributed by atoms with van der Waals surface area (Å²) < 4.78 is 53.8. The summed E-state index contributed by atoms with van der Waals surface area (Å²) in [6, 6.07) is 2.70. The summed E-state index contributed by atoms with van der Waals surface area (Å²) >= 11 is 0. The maximum atomic E-state index is 14.2. The van der Waals surface area contributed by atoms with Crippen molar-refractivity contribution in [2.24, 2.45) is 0 Å². The third-order valence-corrected chi connectivity index (χ3v) is 3.85. The predicted octanol–water partition coefficient (Wildman–Crippen LogP) is 3.59. The smallest absolute Gasteiger partial charge is 0.314 e. The lowest BCUT2D eigenvalue weighted by Gasteiger charge is -2.36. The highest BCUT2D eigenvalue weighted by atomic mass is 19.4. The van der Waals surface area contributed by atoms with Gasteiger partial charge >= 0.3 is 6.18 Å². The van der Waals surface area contributed by atoms with Crippen LogP contribution in [0.25, 0.3) is 0 Å². The fourth-order valence-electron chi connectivity index (χ4n) is 2.90. The van der Waals surface area contributed by atoms with E-state index in [9.17, 15) is 17.6 Å². The van der Waals surface area contributed by atoms with Gasteiger partial charge in [-0.25, -0.2) is 4.39 Å². The lowest BCUT2D eigenvalue weighted by atomic mass is 9.94. The van der Waals surface area contributed by atoms with Gasteiger partial charge in [-0.2, -0.15) is 13.2 Å². The molecule has 1 aromatic rings. The Morgan fingerprint density at radius 2 is 1.90 bits per heavy atom. The van der Waals surface area contributed by atoms with Crippen molar-refractivity contribution in [2.45, 2.75) is 32.0 Å². The summed E-state index contributed by atoms with van der Waals surface area (Å²) in [5.74, 6) is -0.762. The Bertz CT molecular complexity index is 467. The summed E-state index contributed by atoms with van der Waals surface area (Å²) in [5, 5.41) is 3.16. The second-order valence-electron chi connectivity index (χ2n) is 5.29. The molecule has 0 spiro atoms. The second-order valence-corrected chi connectivity index (χ2v) is 5.29. The van der Waals surface area contributed by atoms with E-state index >= 15 is 0 Å². The van der Waals surface area contributed by atoms with Gasteiger partial charge in [0.15, 0.2) is 0 Å². The average Bonchev–Trinajstić information content (AvgIpc) is 2.45. The average molecular weight is 304 g/mol. The van der Waals surface area contributed by atoms with E-state index in [2.05, 4.69) is 5.32 Å². The summed E-state index contributed by atoms with van der Waals surface area (Å²) in [7, 11) is 0. The normalized spacial score (nSPS) is 18.7. The molecule has 1 saturated heterocycles. The molecule has 1 aliphatic rings. The lowest BCUT2D eigenvalue weighted by Crippen LogP contribution is -2.45.